The zero-order valence-corrected chi connectivity index (χ0v) is 10.5. The summed E-state index contributed by atoms with van der Waals surface area (Å²) in [5, 5.41) is 12.1. The van der Waals surface area contributed by atoms with E-state index in [2.05, 4.69) is 20.3 Å². The maximum absolute atomic E-state index is 10.9. The highest BCUT2D eigenvalue weighted by Gasteiger charge is 2.07. The second-order valence-corrected chi connectivity index (χ2v) is 4.34. The van der Waals surface area contributed by atoms with E-state index >= 15 is 0 Å². The molecule has 0 fully saturated rings. The number of rotatable bonds is 4. The number of pyridine rings is 1. The van der Waals surface area contributed by atoms with Gasteiger partial charge >= 0.3 is 5.97 Å². The van der Waals surface area contributed by atoms with Crippen molar-refractivity contribution in [3.63, 3.8) is 0 Å². The predicted molar refractivity (Wildman–Crippen MR) is 74.6 cm³/mol. The van der Waals surface area contributed by atoms with Crippen LogP contribution in [0.1, 0.15) is 15.9 Å². The summed E-state index contributed by atoms with van der Waals surface area (Å²) in [6.45, 7) is 0.597. The molecule has 0 saturated heterocycles. The van der Waals surface area contributed by atoms with Gasteiger partial charge in [-0.05, 0) is 29.8 Å². The number of carboxylic acid groups (broad SMARTS) is 1. The molecule has 0 aliphatic rings. The lowest BCUT2D eigenvalue weighted by Gasteiger charge is -2.01. The van der Waals surface area contributed by atoms with Crippen LogP contribution in [0, 0.1) is 0 Å². The van der Waals surface area contributed by atoms with Gasteiger partial charge in [0.15, 0.2) is 0 Å². The number of aromatic nitrogens is 3. The minimum absolute atomic E-state index is 0.236. The summed E-state index contributed by atoms with van der Waals surface area (Å²) in [6, 6.07) is 8.63. The maximum atomic E-state index is 10.9. The van der Waals surface area contributed by atoms with Crippen molar-refractivity contribution in [2.75, 3.05) is 5.32 Å². The fourth-order valence-corrected chi connectivity index (χ4v) is 1.91. The highest BCUT2D eigenvalue weighted by atomic mass is 16.4. The third-order valence-electron chi connectivity index (χ3n) is 2.91. The molecule has 6 heteroatoms. The van der Waals surface area contributed by atoms with Gasteiger partial charge in [-0.25, -0.2) is 9.78 Å². The van der Waals surface area contributed by atoms with Crippen LogP contribution in [-0.2, 0) is 6.54 Å². The highest BCUT2D eigenvalue weighted by molar-refractivity contribution is 5.92. The van der Waals surface area contributed by atoms with Crippen LogP contribution in [0.2, 0.25) is 0 Å². The Bertz CT molecular complexity index is 752. The summed E-state index contributed by atoms with van der Waals surface area (Å²) in [7, 11) is 0. The van der Waals surface area contributed by atoms with E-state index in [1.807, 2.05) is 12.1 Å². The first kappa shape index (κ1) is 12.2. The van der Waals surface area contributed by atoms with Crippen molar-refractivity contribution in [3.8, 4) is 0 Å². The van der Waals surface area contributed by atoms with Crippen molar-refractivity contribution < 1.29 is 9.90 Å². The van der Waals surface area contributed by atoms with Gasteiger partial charge in [0.05, 0.1) is 16.6 Å². The van der Waals surface area contributed by atoms with Gasteiger partial charge in [0.2, 0.25) is 5.95 Å². The number of aromatic amines is 1. The van der Waals surface area contributed by atoms with E-state index in [-0.39, 0.29) is 5.56 Å². The van der Waals surface area contributed by atoms with Gasteiger partial charge in [0.25, 0.3) is 0 Å². The molecule has 20 heavy (non-hydrogen) atoms. The lowest BCUT2D eigenvalue weighted by atomic mass is 10.2. The van der Waals surface area contributed by atoms with Crippen molar-refractivity contribution in [1.82, 2.24) is 15.0 Å². The Morgan fingerprint density at radius 2 is 2.25 bits per heavy atom. The van der Waals surface area contributed by atoms with E-state index in [1.165, 1.54) is 6.07 Å². The molecule has 2 heterocycles. The van der Waals surface area contributed by atoms with Crippen molar-refractivity contribution in [2.45, 2.75) is 6.54 Å². The van der Waals surface area contributed by atoms with Crippen LogP contribution in [-0.4, -0.2) is 26.0 Å². The highest BCUT2D eigenvalue weighted by Crippen LogP contribution is 2.16. The lowest BCUT2D eigenvalue weighted by molar-refractivity contribution is 0.0697. The topological polar surface area (TPSA) is 90.9 Å². The molecule has 6 nitrogen and oxygen atoms in total. The molecule has 3 aromatic rings. The molecule has 1 aromatic carbocycles. The maximum Gasteiger partial charge on any atom is 0.335 e. The van der Waals surface area contributed by atoms with E-state index < -0.39 is 5.97 Å². The molecule has 100 valence electrons. The molecule has 3 rings (SSSR count). The number of nitrogens with one attached hydrogen (secondary N) is 2. The number of carbonyl (C=O) groups is 1. The van der Waals surface area contributed by atoms with Crippen molar-refractivity contribution in [1.29, 1.82) is 0 Å². The third kappa shape index (κ3) is 2.44. The van der Waals surface area contributed by atoms with E-state index in [0.717, 1.165) is 11.1 Å². The molecule has 0 saturated carbocycles. The van der Waals surface area contributed by atoms with Crippen LogP contribution in [0.3, 0.4) is 0 Å². The van der Waals surface area contributed by atoms with Gasteiger partial charge in [0, 0.05) is 18.9 Å². The number of hydrogen-bond acceptors (Lipinski definition) is 4. The molecule has 0 aliphatic heterocycles. The van der Waals surface area contributed by atoms with Gasteiger partial charge < -0.3 is 15.4 Å². The second kappa shape index (κ2) is 5.00. The number of hydrogen-bond donors (Lipinski definition) is 3. The first-order valence-corrected chi connectivity index (χ1v) is 6.08. The number of aromatic carboxylic acids is 1. The second-order valence-electron chi connectivity index (χ2n) is 4.34. The molecule has 3 N–H and O–H groups in total. The standard InChI is InChI=1S/C14H12N4O2/c19-13(20)10-3-4-11-12(6-10)18-14(17-11)16-8-9-2-1-5-15-7-9/h1-7H,8H2,(H,19,20)(H2,16,17,18). The Kier molecular flexibility index (Phi) is 3.04. The molecule has 0 aliphatic carbocycles. The van der Waals surface area contributed by atoms with Crippen LogP contribution in [0.15, 0.2) is 42.7 Å². The Labute approximate surface area is 114 Å². The Morgan fingerprint density at radius 1 is 1.35 bits per heavy atom. The number of fused-ring (bicyclic) bond motifs is 1. The average Bonchev–Trinajstić information content (AvgIpc) is 2.88. The molecular weight excluding hydrogens is 256 g/mol. The van der Waals surface area contributed by atoms with Crippen LogP contribution >= 0.6 is 0 Å². The molecule has 0 amide bonds. The minimum atomic E-state index is -0.952. The van der Waals surface area contributed by atoms with Gasteiger partial charge in [-0.15, -0.1) is 0 Å². The number of anilines is 1. The van der Waals surface area contributed by atoms with Gasteiger partial charge in [-0.1, -0.05) is 6.07 Å². The minimum Gasteiger partial charge on any atom is -0.478 e. The summed E-state index contributed by atoms with van der Waals surface area (Å²) in [5.41, 5.74) is 2.70. The SMILES string of the molecule is O=C(O)c1ccc2nc(NCc3cccnc3)[nH]c2c1. The number of nitrogens with zero attached hydrogens (tertiary/aromatic N) is 2. The van der Waals surface area contributed by atoms with Crippen molar-refractivity contribution in [3.05, 3.63) is 53.9 Å². The smallest absolute Gasteiger partial charge is 0.335 e. The zero-order valence-electron chi connectivity index (χ0n) is 10.5. The molecule has 0 bridgehead atoms. The quantitative estimate of drug-likeness (QED) is 0.675. The summed E-state index contributed by atoms with van der Waals surface area (Å²) in [5.74, 6) is -0.349. The summed E-state index contributed by atoms with van der Waals surface area (Å²) in [4.78, 5) is 22.3. The normalized spacial score (nSPS) is 10.6. The Morgan fingerprint density at radius 3 is 3.00 bits per heavy atom. The van der Waals surface area contributed by atoms with E-state index in [0.29, 0.717) is 18.0 Å². The van der Waals surface area contributed by atoms with E-state index in [9.17, 15) is 4.79 Å². The fraction of sp³-hybridized carbons (Fsp3) is 0.0714. The predicted octanol–water partition coefficient (Wildman–Crippen LogP) is 2.27. The van der Waals surface area contributed by atoms with Gasteiger partial charge in [-0.2, -0.15) is 0 Å². The molecule has 0 radical (unpaired) electrons. The molecule has 0 unspecified atom stereocenters. The van der Waals surface area contributed by atoms with Crippen molar-refractivity contribution >= 4 is 23.0 Å². The summed E-state index contributed by atoms with van der Waals surface area (Å²) < 4.78 is 0. The van der Waals surface area contributed by atoms with Crippen LogP contribution < -0.4 is 5.32 Å². The average molecular weight is 268 g/mol. The van der Waals surface area contributed by atoms with Crippen LogP contribution in [0.5, 0.6) is 0 Å². The summed E-state index contributed by atoms with van der Waals surface area (Å²) in [6.07, 6.45) is 3.50. The Balaban J connectivity index is 1.80. The van der Waals surface area contributed by atoms with E-state index in [4.69, 9.17) is 5.11 Å². The van der Waals surface area contributed by atoms with E-state index in [1.54, 1.807) is 24.5 Å². The largest absolute Gasteiger partial charge is 0.478 e. The van der Waals surface area contributed by atoms with Crippen LogP contribution in [0.4, 0.5) is 5.95 Å². The van der Waals surface area contributed by atoms with Crippen LogP contribution in [0.25, 0.3) is 11.0 Å². The number of imidazole rings is 1. The first-order valence-electron chi connectivity index (χ1n) is 6.08. The van der Waals surface area contributed by atoms with Gasteiger partial charge in [-0.3, -0.25) is 4.98 Å². The monoisotopic (exact) mass is 268 g/mol. The first-order chi connectivity index (χ1) is 9.72. The summed E-state index contributed by atoms with van der Waals surface area (Å²) >= 11 is 0. The molecule has 0 atom stereocenters. The zero-order chi connectivity index (χ0) is 13.9. The van der Waals surface area contributed by atoms with Gasteiger partial charge in [0.1, 0.15) is 0 Å². The number of H-pyrrole nitrogens is 1. The molecule has 0 spiro atoms. The Hall–Kier alpha value is -2.89. The fourth-order valence-electron chi connectivity index (χ4n) is 1.91. The lowest BCUT2D eigenvalue weighted by Crippen LogP contribution is -2.00. The van der Waals surface area contributed by atoms with Crippen molar-refractivity contribution in [2.24, 2.45) is 0 Å². The number of carboxylic acids is 1. The number of benzene rings is 1. The third-order valence-corrected chi connectivity index (χ3v) is 2.91. The molecular formula is C14H12N4O2. The molecule has 2 aromatic heterocycles.